The standard InChI is InChI=1S/C10H12BrNO3.ClH/c1-14-6-3-4-8(11)7(5-6)9(12)10(13)15-2;/h3-5,9H,12H2,1-2H3;1H/t9-;/m0./s1. The maximum atomic E-state index is 11.3. The molecule has 1 aromatic rings. The summed E-state index contributed by atoms with van der Waals surface area (Å²) in [5.41, 5.74) is 6.35. The van der Waals surface area contributed by atoms with Crippen molar-refractivity contribution in [3.05, 3.63) is 28.2 Å². The highest BCUT2D eigenvalue weighted by atomic mass is 79.9. The van der Waals surface area contributed by atoms with E-state index in [1.807, 2.05) is 0 Å². The van der Waals surface area contributed by atoms with Crippen molar-refractivity contribution in [3.63, 3.8) is 0 Å². The highest BCUT2D eigenvalue weighted by Crippen LogP contribution is 2.27. The molecule has 0 aliphatic heterocycles. The number of hydrogen-bond acceptors (Lipinski definition) is 4. The zero-order chi connectivity index (χ0) is 11.4. The number of rotatable bonds is 3. The lowest BCUT2D eigenvalue weighted by atomic mass is 10.1. The Labute approximate surface area is 109 Å². The van der Waals surface area contributed by atoms with Gasteiger partial charge in [0.2, 0.25) is 0 Å². The van der Waals surface area contributed by atoms with E-state index in [-0.39, 0.29) is 12.4 Å². The Morgan fingerprint density at radius 2 is 2.06 bits per heavy atom. The lowest BCUT2D eigenvalue weighted by Gasteiger charge is -2.12. The molecule has 6 heteroatoms. The zero-order valence-electron chi connectivity index (χ0n) is 8.90. The average molecular weight is 311 g/mol. The molecule has 0 aliphatic carbocycles. The third kappa shape index (κ3) is 3.37. The summed E-state index contributed by atoms with van der Waals surface area (Å²) in [7, 11) is 2.85. The van der Waals surface area contributed by atoms with Crippen molar-refractivity contribution in [2.45, 2.75) is 6.04 Å². The second-order valence-electron chi connectivity index (χ2n) is 2.89. The minimum atomic E-state index is -0.806. The molecule has 0 aliphatic rings. The number of nitrogens with two attached hydrogens (primary N) is 1. The van der Waals surface area contributed by atoms with Crippen LogP contribution in [0.1, 0.15) is 11.6 Å². The van der Waals surface area contributed by atoms with Gasteiger partial charge in [-0.2, -0.15) is 0 Å². The molecular formula is C10H13BrClNO3. The molecule has 0 spiro atoms. The molecule has 1 atom stereocenters. The zero-order valence-corrected chi connectivity index (χ0v) is 11.3. The van der Waals surface area contributed by atoms with Crippen molar-refractivity contribution in [2.24, 2.45) is 5.73 Å². The van der Waals surface area contributed by atoms with Crippen molar-refractivity contribution in [1.29, 1.82) is 0 Å². The Hall–Kier alpha value is -0.780. The third-order valence-corrected chi connectivity index (χ3v) is 2.72. The first-order chi connectivity index (χ1) is 7.10. The monoisotopic (exact) mass is 309 g/mol. The molecule has 16 heavy (non-hydrogen) atoms. The molecule has 0 saturated carbocycles. The van der Waals surface area contributed by atoms with Crippen molar-refractivity contribution in [2.75, 3.05) is 14.2 Å². The summed E-state index contributed by atoms with van der Waals surface area (Å²) in [6, 6.07) is 4.44. The highest BCUT2D eigenvalue weighted by molar-refractivity contribution is 9.10. The summed E-state index contributed by atoms with van der Waals surface area (Å²) < 4.78 is 10.4. The molecule has 4 nitrogen and oxygen atoms in total. The molecule has 1 rings (SSSR count). The smallest absolute Gasteiger partial charge is 0.327 e. The van der Waals surface area contributed by atoms with E-state index >= 15 is 0 Å². The molecule has 1 aromatic carbocycles. The summed E-state index contributed by atoms with van der Waals surface area (Å²) in [5.74, 6) is 0.163. The number of halogens is 2. The van der Waals surface area contributed by atoms with Crippen LogP contribution in [0.25, 0.3) is 0 Å². The maximum Gasteiger partial charge on any atom is 0.327 e. The van der Waals surface area contributed by atoms with Gasteiger partial charge >= 0.3 is 5.97 Å². The van der Waals surface area contributed by atoms with Crippen LogP contribution in [0, 0.1) is 0 Å². The number of benzene rings is 1. The Balaban J connectivity index is 0.00000225. The molecule has 90 valence electrons. The van der Waals surface area contributed by atoms with E-state index in [0.717, 1.165) is 4.47 Å². The number of carbonyl (C=O) groups is 1. The number of carbonyl (C=O) groups excluding carboxylic acids is 1. The molecule has 0 heterocycles. The van der Waals surface area contributed by atoms with E-state index in [4.69, 9.17) is 10.5 Å². The van der Waals surface area contributed by atoms with E-state index in [0.29, 0.717) is 11.3 Å². The van der Waals surface area contributed by atoms with Crippen LogP contribution >= 0.6 is 28.3 Å². The van der Waals surface area contributed by atoms with Crippen molar-refractivity contribution in [1.82, 2.24) is 0 Å². The van der Waals surface area contributed by atoms with Crippen LogP contribution in [0.15, 0.2) is 22.7 Å². The summed E-state index contributed by atoms with van der Waals surface area (Å²) >= 11 is 3.31. The number of ether oxygens (including phenoxy) is 2. The quantitative estimate of drug-likeness (QED) is 0.868. The fourth-order valence-corrected chi connectivity index (χ4v) is 1.63. The van der Waals surface area contributed by atoms with Gasteiger partial charge in [0.1, 0.15) is 11.8 Å². The van der Waals surface area contributed by atoms with Crippen LogP contribution in [0.4, 0.5) is 0 Å². The number of esters is 1. The topological polar surface area (TPSA) is 61.5 Å². The fraction of sp³-hybridized carbons (Fsp3) is 0.300. The van der Waals surface area contributed by atoms with Crippen LogP contribution in [0.2, 0.25) is 0 Å². The summed E-state index contributed by atoms with van der Waals surface area (Å²) in [6.07, 6.45) is 0. The van der Waals surface area contributed by atoms with Crippen LogP contribution in [0.5, 0.6) is 5.75 Å². The first-order valence-corrected chi connectivity index (χ1v) is 5.06. The molecule has 0 unspecified atom stereocenters. The van der Waals surface area contributed by atoms with Crippen molar-refractivity contribution in [3.8, 4) is 5.75 Å². The van der Waals surface area contributed by atoms with E-state index in [2.05, 4.69) is 20.7 Å². The van der Waals surface area contributed by atoms with Crippen molar-refractivity contribution < 1.29 is 14.3 Å². The number of hydrogen-bond donors (Lipinski definition) is 1. The van der Waals surface area contributed by atoms with Gasteiger partial charge in [-0.1, -0.05) is 15.9 Å². The second kappa shape index (κ2) is 6.73. The lowest BCUT2D eigenvalue weighted by molar-refractivity contribution is -0.142. The Morgan fingerprint density at radius 3 is 2.56 bits per heavy atom. The lowest BCUT2D eigenvalue weighted by Crippen LogP contribution is -2.23. The first-order valence-electron chi connectivity index (χ1n) is 4.27. The largest absolute Gasteiger partial charge is 0.497 e. The maximum absolute atomic E-state index is 11.3. The highest BCUT2D eigenvalue weighted by Gasteiger charge is 2.19. The molecule has 0 saturated heterocycles. The normalized spacial score (nSPS) is 11.2. The van der Waals surface area contributed by atoms with Crippen LogP contribution in [0.3, 0.4) is 0 Å². The summed E-state index contributed by atoms with van der Waals surface area (Å²) in [6.45, 7) is 0. The molecule has 0 fully saturated rings. The molecule has 0 bridgehead atoms. The van der Waals surface area contributed by atoms with Gasteiger partial charge in [0, 0.05) is 4.47 Å². The van der Waals surface area contributed by atoms with Gasteiger partial charge in [-0.15, -0.1) is 12.4 Å². The van der Waals surface area contributed by atoms with Crippen molar-refractivity contribution >= 4 is 34.3 Å². The molecule has 2 N–H and O–H groups in total. The molecule has 0 radical (unpaired) electrons. The third-order valence-electron chi connectivity index (χ3n) is 1.99. The minimum absolute atomic E-state index is 0. The molecular weight excluding hydrogens is 297 g/mol. The fourth-order valence-electron chi connectivity index (χ4n) is 1.14. The van der Waals surface area contributed by atoms with Crippen LogP contribution < -0.4 is 10.5 Å². The summed E-state index contributed by atoms with van der Waals surface area (Å²) in [4.78, 5) is 11.3. The second-order valence-corrected chi connectivity index (χ2v) is 3.74. The van der Waals surface area contributed by atoms with E-state index in [1.165, 1.54) is 7.11 Å². The molecule has 0 amide bonds. The van der Waals surface area contributed by atoms with Gasteiger partial charge in [0.05, 0.1) is 14.2 Å². The van der Waals surface area contributed by atoms with Gasteiger partial charge in [-0.05, 0) is 23.8 Å². The predicted octanol–water partition coefficient (Wildman–Crippen LogP) is 2.05. The predicted molar refractivity (Wildman–Crippen MR) is 66.9 cm³/mol. The van der Waals surface area contributed by atoms with E-state index in [9.17, 15) is 4.79 Å². The Kier molecular flexibility index (Phi) is 6.40. The summed E-state index contributed by atoms with van der Waals surface area (Å²) in [5, 5.41) is 0. The average Bonchev–Trinajstić information content (AvgIpc) is 2.27. The number of methoxy groups -OCH3 is 2. The Bertz CT molecular complexity index is 373. The first kappa shape index (κ1) is 15.2. The van der Waals surface area contributed by atoms with Crippen LogP contribution in [-0.4, -0.2) is 20.2 Å². The van der Waals surface area contributed by atoms with E-state index < -0.39 is 12.0 Å². The van der Waals surface area contributed by atoms with Gasteiger partial charge < -0.3 is 15.2 Å². The van der Waals surface area contributed by atoms with E-state index in [1.54, 1.807) is 25.3 Å². The van der Waals surface area contributed by atoms with Gasteiger partial charge in [0.25, 0.3) is 0 Å². The Morgan fingerprint density at radius 1 is 1.44 bits per heavy atom. The SMILES string of the molecule is COC(=O)[C@@H](N)c1cc(OC)ccc1Br.Cl. The van der Waals surface area contributed by atoms with Crippen LogP contribution in [-0.2, 0) is 9.53 Å². The minimum Gasteiger partial charge on any atom is -0.497 e. The van der Waals surface area contributed by atoms with Gasteiger partial charge in [-0.3, -0.25) is 4.79 Å². The van der Waals surface area contributed by atoms with Gasteiger partial charge in [-0.25, -0.2) is 0 Å². The van der Waals surface area contributed by atoms with Gasteiger partial charge in [0.15, 0.2) is 0 Å². The molecule has 0 aromatic heterocycles.